The van der Waals surface area contributed by atoms with Gasteiger partial charge in [-0.25, -0.2) is 4.98 Å². The first-order valence-electron chi connectivity index (χ1n) is 4.84. The third-order valence-electron chi connectivity index (χ3n) is 2.26. The minimum atomic E-state index is -0.674. The van der Waals surface area contributed by atoms with E-state index in [2.05, 4.69) is 29.4 Å². The topological polar surface area (TPSA) is 59.0 Å². The normalized spacial score (nSPS) is 11.8. The van der Waals surface area contributed by atoms with Gasteiger partial charge in [0, 0.05) is 5.92 Å². The van der Waals surface area contributed by atoms with E-state index in [9.17, 15) is 10.2 Å². The zero-order chi connectivity index (χ0) is 12.4. The van der Waals surface area contributed by atoms with Crippen LogP contribution in [0.25, 0.3) is 10.2 Å². The summed E-state index contributed by atoms with van der Waals surface area (Å²) in [5, 5.41) is 21.9. The standard InChI is InChI=1S/C11H9NO2S3.Co/c13-9(15)5-6(11(14)16)10-12-7-3-1-2-4-8(7)17-10;/h1-4,6H,5H2,(H,13,15)(H,14,16);/q;+2/p-2. The number of thiocarbonyl (C=S) groups is 2. The average molecular weight is 340 g/mol. The monoisotopic (exact) mass is 340 g/mol. The zero-order valence-electron chi connectivity index (χ0n) is 8.92. The number of rotatable bonds is 4. The molecule has 2 rings (SSSR count). The molecule has 1 aromatic heterocycles. The second kappa shape index (κ2) is 6.53. The Hall–Kier alpha value is -0.604. The Balaban J connectivity index is 0.00000162. The van der Waals surface area contributed by atoms with Gasteiger partial charge in [-0.2, -0.15) is 0 Å². The molecule has 1 atom stereocenters. The summed E-state index contributed by atoms with van der Waals surface area (Å²) in [6, 6.07) is 7.54. The van der Waals surface area contributed by atoms with Gasteiger partial charge in [0.15, 0.2) is 0 Å². The van der Waals surface area contributed by atoms with Crippen LogP contribution in [-0.4, -0.2) is 15.1 Å². The van der Waals surface area contributed by atoms with Crippen molar-refractivity contribution >= 4 is 56.1 Å². The molecule has 1 aromatic carbocycles. The van der Waals surface area contributed by atoms with Crippen molar-refractivity contribution in [3.05, 3.63) is 29.3 Å². The van der Waals surface area contributed by atoms with Crippen molar-refractivity contribution in [3.8, 4) is 0 Å². The van der Waals surface area contributed by atoms with Crippen LogP contribution in [0.5, 0.6) is 0 Å². The van der Waals surface area contributed by atoms with E-state index in [0.717, 1.165) is 10.2 Å². The van der Waals surface area contributed by atoms with Gasteiger partial charge >= 0.3 is 16.8 Å². The molecule has 0 aliphatic heterocycles. The third-order valence-corrected chi connectivity index (χ3v) is 3.87. The molecule has 0 saturated heterocycles. The molecule has 1 heterocycles. The van der Waals surface area contributed by atoms with E-state index in [-0.39, 0.29) is 23.2 Å². The van der Waals surface area contributed by atoms with Crippen LogP contribution in [0.3, 0.4) is 0 Å². The number of nitrogens with zero attached hydrogens (tertiary/aromatic N) is 1. The van der Waals surface area contributed by atoms with Crippen molar-refractivity contribution in [3.63, 3.8) is 0 Å². The third kappa shape index (κ3) is 3.45. The Kier molecular flexibility index (Phi) is 5.61. The summed E-state index contributed by atoms with van der Waals surface area (Å²) in [5.41, 5.74) is 0.811. The Morgan fingerprint density at radius 3 is 2.50 bits per heavy atom. The molecule has 0 amide bonds. The fraction of sp³-hybridized carbons (Fsp3) is 0.182. The molecule has 0 bridgehead atoms. The summed E-state index contributed by atoms with van der Waals surface area (Å²) in [7, 11) is 0. The van der Waals surface area contributed by atoms with E-state index in [1.807, 2.05) is 24.3 Å². The minimum Gasteiger partial charge on any atom is -0.867 e. The van der Waals surface area contributed by atoms with E-state index in [0.29, 0.717) is 5.01 Å². The Morgan fingerprint density at radius 1 is 1.28 bits per heavy atom. The summed E-state index contributed by atoms with van der Waals surface area (Å²) >= 11 is 10.5. The van der Waals surface area contributed by atoms with Crippen LogP contribution in [0.15, 0.2) is 24.3 Å². The number of para-hydroxylation sites is 1. The maximum atomic E-state index is 11.3. The van der Waals surface area contributed by atoms with Gasteiger partial charge in [-0.1, -0.05) is 22.2 Å². The van der Waals surface area contributed by atoms with Gasteiger partial charge in [0.25, 0.3) is 0 Å². The Bertz CT molecular complexity index is 551. The molecule has 0 aliphatic rings. The van der Waals surface area contributed by atoms with Gasteiger partial charge in [0.1, 0.15) is 5.01 Å². The van der Waals surface area contributed by atoms with Crippen LogP contribution in [0, 0.1) is 0 Å². The molecule has 3 nitrogen and oxygen atoms in total. The first kappa shape index (κ1) is 15.5. The maximum absolute atomic E-state index is 11.3. The molecular weight excluding hydrogens is 333 g/mol. The minimum absolute atomic E-state index is 0. The predicted octanol–water partition coefficient (Wildman–Crippen LogP) is 1.14. The van der Waals surface area contributed by atoms with Crippen molar-refractivity contribution < 1.29 is 27.0 Å². The largest absolute Gasteiger partial charge is 2.00 e. The summed E-state index contributed by atoms with van der Waals surface area (Å²) in [4.78, 5) is 4.32. The maximum Gasteiger partial charge on any atom is 2.00 e. The second-order valence-corrected chi connectivity index (χ2v) is 5.39. The van der Waals surface area contributed by atoms with E-state index < -0.39 is 16.0 Å². The summed E-state index contributed by atoms with van der Waals surface area (Å²) in [6.45, 7) is 0. The summed E-state index contributed by atoms with van der Waals surface area (Å²) in [6.07, 6.45) is -0.0442. The van der Waals surface area contributed by atoms with Crippen LogP contribution in [0.4, 0.5) is 0 Å². The number of hydrogen-bond acceptors (Lipinski definition) is 6. The molecule has 0 aliphatic carbocycles. The van der Waals surface area contributed by atoms with Crippen molar-refractivity contribution in [2.24, 2.45) is 0 Å². The SMILES string of the molecule is [Co+2].[O-]C(=S)CC(C([O-])=S)c1nc2ccccc2s1. The van der Waals surface area contributed by atoms with Crippen LogP contribution in [0.1, 0.15) is 17.3 Å². The van der Waals surface area contributed by atoms with Gasteiger partial charge in [-0.05, 0) is 18.6 Å². The van der Waals surface area contributed by atoms with Gasteiger partial charge in [0.05, 0.1) is 10.2 Å². The molecule has 1 radical (unpaired) electrons. The van der Waals surface area contributed by atoms with Crippen molar-refractivity contribution in [2.45, 2.75) is 12.3 Å². The molecule has 0 fully saturated rings. The fourth-order valence-electron chi connectivity index (χ4n) is 1.48. The van der Waals surface area contributed by atoms with E-state index in [1.54, 1.807) is 0 Å². The Labute approximate surface area is 129 Å². The van der Waals surface area contributed by atoms with Crippen LogP contribution in [-0.2, 0) is 16.8 Å². The smallest absolute Gasteiger partial charge is 0.867 e. The van der Waals surface area contributed by atoms with E-state index in [1.165, 1.54) is 11.3 Å². The number of thiazole rings is 1. The van der Waals surface area contributed by atoms with Crippen molar-refractivity contribution in [1.82, 2.24) is 4.98 Å². The molecule has 0 saturated carbocycles. The van der Waals surface area contributed by atoms with E-state index >= 15 is 0 Å². The molecule has 2 aromatic rings. The van der Waals surface area contributed by atoms with Crippen LogP contribution in [0.2, 0.25) is 0 Å². The van der Waals surface area contributed by atoms with Gasteiger partial charge in [-0.3, -0.25) is 0 Å². The first-order valence-corrected chi connectivity index (χ1v) is 6.47. The Morgan fingerprint density at radius 2 is 1.94 bits per heavy atom. The summed E-state index contributed by atoms with van der Waals surface area (Å²) in [5.74, 6) is -0.674. The number of benzene rings is 1. The number of fused-ring (bicyclic) bond motifs is 1. The average Bonchev–Trinajstić information content (AvgIpc) is 2.68. The second-order valence-electron chi connectivity index (χ2n) is 3.47. The predicted molar refractivity (Wildman–Crippen MR) is 72.2 cm³/mol. The van der Waals surface area contributed by atoms with Gasteiger partial charge in [0.2, 0.25) is 0 Å². The van der Waals surface area contributed by atoms with Crippen LogP contribution < -0.4 is 10.2 Å². The molecule has 95 valence electrons. The van der Waals surface area contributed by atoms with Crippen molar-refractivity contribution in [2.75, 3.05) is 0 Å². The molecule has 1 unspecified atom stereocenters. The number of aromatic nitrogens is 1. The molecule has 7 heteroatoms. The number of hydrogen-bond donors (Lipinski definition) is 0. The zero-order valence-corrected chi connectivity index (χ0v) is 12.4. The summed E-state index contributed by atoms with van der Waals surface area (Å²) < 4.78 is 0.973. The molecule has 18 heavy (non-hydrogen) atoms. The van der Waals surface area contributed by atoms with Crippen LogP contribution >= 0.6 is 35.8 Å². The van der Waals surface area contributed by atoms with E-state index in [4.69, 9.17) is 0 Å². The van der Waals surface area contributed by atoms with Crippen molar-refractivity contribution in [1.29, 1.82) is 0 Å². The van der Waals surface area contributed by atoms with Gasteiger partial charge in [-0.15, -0.1) is 35.8 Å². The fourth-order valence-corrected chi connectivity index (χ4v) is 2.98. The molecular formula is C11H7CoNO2S3. The van der Waals surface area contributed by atoms with Gasteiger partial charge < -0.3 is 10.2 Å². The first-order chi connectivity index (χ1) is 8.08. The molecule has 0 spiro atoms. The quantitative estimate of drug-likeness (QED) is 0.782. The molecule has 0 N–H and O–H groups in total.